The molecule has 0 aromatic carbocycles. The van der Waals surface area contributed by atoms with Crippen molar-refractivity contribution < 1.29 is 9.59 Å². The van der Waals surface area contributed by atoms with Crippen LogP contribution in [0.25, 0.3) is 0 Å². The lowest BCUT2D eigenvalue weighted by Crippen LogP contribution is -2.53. The molecule has 1 N–H and O–H groups in total. The Bertz CT molecular complexity index is 326. The molecule has 4 nitrogen and oxygen atoms in total. The van der Waals surface area contributed by atoms with Crippen molar-refractivity contribution in [2.45, 2.75) is 77.8 Å². The molecule has 0 spiro atoms. The molecule has 1 fully saturated rings. The third kappa shape index (κ3) is 4.51. The first-order chi connectivity index (χ1) is 8.88. The molecule has 0 aliphatic carbocycles. The Kier molecular flexibility index (Phi) is 5.83. The summed E-state index contributed by atoms with van der Waals surface area (Å²) in [5.74, 6) is 0.0145. The predicted octanol–water partition coefficient (Wildman–Crippen LogP) is 2.47. The number of hydrogen-bond acceptors (Lipinski definition) is 2. The van der Waals surface area contributed by atoms with Gasteiger partial charge in [-0.25, -0.2) is 0 Å². The maximum atomic E-state index is 12.5. The molecule has 1 rings (SSSR count). The van der Waals surface area contributed by atoms with Gasteiger partial charge >= 0.3 is 0 Å². The van der Waals surface area contributed by atoms with E-state index in [9.17, 15) is 9.59 Å². The molecular formula is C15H28N2O2. The summed E-state index contributed by atoms with van der Waals surface area (Å²) in [7, 11) is 0. The minimum Gasteiger partial charge on any atom is -0.342 e. The lowest BCUT2D eigenvalue weighted by atomic mass is 10.0. The number of carbonyl (C=O) groups is 2. The molecule has 110 valence electrons. The highest BCUT2D eigenvalue weighted by Crippen LogP contribution is 2.19. The van der Waals surface area contributed by atoms with E-state index in [-0.39, 0.29) is 17.9 Å². The highest BCUT2D eigenvalue weighted by atomic mass is 16.2. The Morgan fingerprint density at radius 3 is 2.47 bits per heavy atom. The normalized spacial score (nSPS) is 23.2. The number of carbonyl (C=O) groups excluding carboxylic acids is 2. The topological polar surface area (TPSA) is 49.4 Å². The zero-order valence-corrected chi connectivity index (χ0v) is 12.8. The lowest BCUT2D eigenvalue weighted by Gasteiger charge is -2.32. The quantitative estimate of drug-likeness (QED) is 0.752. The number of nitrogens with one attached hydrogen (secondary N) is 1. The number of hydrogen-bond donors (Lipinski definition) is 1. The number of unbranched alkanes of at least 4 members (excludes halogenated alkanes) is 4. The van der Waals surface area contributed by atoms with Crippen molar-refractivity contribution in [3.63, 3.8) is 0 Å². The highest BCUT2D eigenvalue weighted by molar-refractivity contribution is 5.93. The van der Waals surface area contributed by atoms with Crippen LogP contribution in [0, 0.1) is 0 Å². The summed E-state index contributed by atoms with van der Waals surface area (Å²) in [6.45, 7) is 8.50. The van der Waals surface area contributed by atoms with Crippen LogP contribution in [0.3, 0.4) is 0 Å². The lowest BCUT2D eigenvalue weighted by molar-refractivity contribution is -0.138. The van der Waals surface area contributed by atoms with Gasteiger partial charge in [0.2, 0.25) is 11.8 Å². The molecule has 1 heterocycles. The molecule has 0 saturated carbocycles. The van der Waals surface area contributed by atoms with Gasteiger partial charge < -0.3 is 10.2 Å². The maximum absolute atomic E-state index is 12.5. The Hall–Kier alpha value is -1.06. The smallest absolute Gasteiger partial charge is 0.247 e. The Morgan fingerprint density at radius 1 is 1.21 bits per heavy atom. The van der Waals surface area contributed by atoms with E-state index in [4.69, 9.17) is 0 Å². The van der Waals surface area contributed by atoms with Crippen LogP contribution in [0.5, 0.6) is 0 Å². The standard InChI is InChI=1S/C15H28N2O2/c1-5-6-7-8-9-10-17-12(2)11-13(18)16-15(3,4)14(17)19/h12H,5-11H2,1-4H3,(H,16,18). The number of rotatable bonds is 6. The van der Waals surface area contributed by atoms with E-state index < -0.39 is 5.54 Å². The molecule has 0 aromatic heterocycles. The van der Waals surface area contributed by atoms with Gasteiger partial charge in [0, 0.05) is 19.0 Å². The molecule has 19 heavy (non-hydrogen) atoms. The largest absolute Gasteiger partial charge is 0.342 e. The van der Waals surface area contributed by atoms with Gasteiger partial charge in [-0.15, -0.1) is 0 Å². The van der Waals surface area contributed by atoms with E-state index in [1.165, 1.54) is 19.3 Å². The Labute approximate surface area is 116 Å². The van der Waals surface area contributed by atoms with Crippen molar-refractivity contribution in [2.75, 3.05) is 6.54 Å². The molecule has 0 aromatic rings. The van der Waals surface area contributed by atoms with E-state index in [1.807, 2.05) is 11.8 Å². The van der Waals surface area contributed by atoms with Gasteiger partial charge in [-0.2, -0.15) is 0 Å². The third-order valence-electron chi connectivity index (χ3n) is 3.76. The summed E-state index contributed by atoms with van der Waals surface area (Å²) >= 11 is 0. The molecule has 0 radical (unpaired) electrons. The minimum absolute atomic E-state index is 0.000417. The summed E-state index contributed by atoms with van der Waals surface area (Å²) in [4.78, 5) is 26.1. The summed E-state index contributed by atoms with van der Waals surface area (Å²) in [5, 5.41) is 2.81. The molecule has 4 heteroatoms. The van der Waals surface area contributed by atoms with Crippen LogP contribution in [0.15, 0.2) is 0 Å². The zero-order valence-electron chi connectivity index (χ0n) is 12.8. The third-order valence-corrected chi connectivity index (χ3v) is 3.76. The Balaban J connectivity index is 2.57. The van der Waals surface area contributed by atoms with Gasteiger partial charge in [0.15, 0.2) is 0 Å². The molecule has 0 bridgehead atoms. The van der Waals surface area contributed by atoms with Gasteiger partial charge in [-0.05, 0) is 27.2 Å². The summed E-state index contributed by atoms with van der Waals surface area (Å²) in [6, 6.07) is 0.000417. The van der Waals surface area contributed by atoms with Crippen molar-refractivity contribution in [1.29, 1.82) is 0 Å². The Morgan fingerprint density at radius 2 is 1.84 bits per heavy atom. The van der Waals surface area contributed by atoms with Crippen molar-refractivity contribution in [3.8, 4) is 0 Å². The molecule has 1 aliphatic rings. The van der Waals surface area contributed by atoms with E-state index in [0.717, 1.165) is 19.4 Å². The van der Waals surface area contributed by atoms with Crippen molar-refractivity contribution in [2.24, 2.45) is 0 Å². The predicted molar refractivity (Wildman–Crippen MR) is 76.8 cm³/mol. The van der Waals surface area contributed by atoms with Crippen molar-refractivity contribution in [3.05, 3.63) is 0 Å². The van der Waals surface area contributed by atoms with E-state index in [0.29, 0.717) is 6.42 Å². The fourth-order valence-electron chi connectivity index (χ4n) is 2.60. The van der Waals surface area contributed by atoms with Crippen LogP contribution >= 0.6 is 0 Å². The van der Waals surface area contributed by atoms with Crippen LogP contribution in [0.2, 0.25) is 0 Å². The van der Waals surface area contributed by atoms with Gasteiger partial charge in [0.05, 0.1) is 0 Å². The van der Waals surface area contributed by atoms with E-state index in [2.05, 4.69) is 12.2 Å². The minimum atomic E-state index is -0.773. The number of amides is 2. The number of nitrogens with zero attached hydrogens (tertiary/aromatic N) is 1. The van der Waals surface area contributed by atoms with Crippen LogP contribution in [0.4, 0.5) is 0 Å². The average Bonchev–Trinajstić information content (AvgIpc) is 2.37. The van der Waals surface area contributed by atoms with Gasteiger partial charge in [-0.3, -0.25) is 9.59 Å². The van der Waals surface area contributed by atoms with Crippen LogP contribution in [0.1, 0.15) is 66.2 Å². The first-order valence-corrected chi connectivity index (χ1v) is 7.50. The van der Waals surface area contributed by atoms with Gasteiger partial charge in [-0.1, -0.05) is 32.6 Å². The molecule has 1 saturated heterocycles. The van der Waals surface area contributed by atoms with Gasteiger partial charge in [0.25, 0.3) is 0 Å². The van der Waals surface area contributed by atoms with E-state index >= 15 is 0 Å². The molecular weight excluding hydrogens is 240 g/mol. The summed E-state index contributed by atoms with van der Waals surface area (Å²) < 4.78 is 0. The van der Waals surface area contributed by atoms with Crippen LogP contribution < -0.4 is 5.32 Å². The second-order valence-corrected chi connectivity index (χ2v) is 6.14. The zero-order chi connectivity index (χ0) is 14.5. The van der Waals surface area contributed by atoms with E-state index in [1.54, 1.807) is 13.8 Å². The van der Waals surface area contributed by atoms with Crippen molar-refractivity contribution in [1.82, 2.24) is 10.2 Å². The highest BCUT2D eigenvalue weighted by Gasteiger charge is 2.39. The molecule has 1 atom stereocenters. The SMILES string of the molecule is CCCCCCCN1C(=O)C(C)(C)NC(=O)CC1C. The second-order valence-electron chi connectivity index (χ2n) is 6.14. The fraction of sp³-hybridized carbons (Fsp3) is 0.867. The van der Waals surface area contributed by atoms with Crippen molar-refractivity contribution >= 4 is 11.8 Å². The first kappa shape index (κ1) is 16.0. The van der Waals surface area contributed by atoms with Crippen LogP contribution in [-0.2, 0) is 9.59 Å². The molecule has 1 aliphatic heterocycles. The first-order valence-electron chi connectivity index (χ1n) is 7.50. The molecule has 1 unspecified atom stereocenters. The monoisotopic (exact) mass is 268 g/mol. The maximum Gasteiger partial charge on any atom is 0.247 e. The van der Waals surface area contributed by atoms with Gasteiger partial charge in [0.1, 0.15) is 5.54 Å². The second kappa shape index (κ2) is 6.92. The summed E-state index contributed by atoms with van der Waals surface area (Å²) in [5.41, 5.74) is -0.773. The summed E-state index contributed by atoms with van der Waals surface area (Å²) in [6.07, 6.45) is 6.31. The average molecular weight is 268 g/mol. The molecule has 2 amide bonds. The fourth-order valence-corrected chi connectivity index (χ4v) is 2.60. The van der Waals surface area contributed by atoms with Crippen LogP contribution in [-0.4, -0.2) is 34.8 Å².